The molecule has 0 saturated heterocycles. The second-order valence-corrected chi connectivity index (χ2v) is 5.18. The van der Waals surface area contributed by atoms with Gasteiger partial charge in [0.05, 0.1) is 16.6 Å². The van der Waals surface area contributed by atoms with Gasteiger partial charge in [0.2, 0.25) is 0 Å². The zero-order chi connectivity index (χ0) is 12.4. The lowest BCUT2D eigenvalue weighted by molar-refractivity contribution is 0.674. The number of nitrogen functional groups attached to an aromatic ring is 1. The van der Waals surface area contributed by atoms with Gasteiger partial charge >= 0.3 is 0 Å². The van der Waals surface area contributed by atoms with Crippen LogP contribution in [0.15, 0.2) is 29.4 Å². The number of rotatable bonds is 3. The Morgan fingerprint density at radius 2 is 2.24 bits per heavy atom. The lowest BCUT2D eigenvalue weighted by Crippen LogP contribution is -2.06. The van der Waals surface area contributed by atoms with Gasteiger partial charge in [-0.25, -0.2) is 4.98 Å². The Kier molecular flexibility index (Phi) is 3.23. The van der Waals surface area contributed by atoms with Gasteiger partial charge in [-0.15, -0.1) is 0 Å². The Morgan fingerprint density at radius 3 is 2.88 bits per heavy atom. The van der Waals surface area contributed by atoms with Crippen LogP contribution in [0, 0.1) is 6.92 Å². The largest absolute Gasteiger partial charge is 0.398 e. The van der Waals surface area contributed by atoms with Gasteiger partial charge < -0.3 is 5.73 Å². The summed E-state index contributed by atoms with van der Waals surface area (Å²) in [6.45, 7) is 1.87. The van der Waals surface area contributed by atoms with E-state index in [1.54, 1.807) is 17.8 Å². The number of anilines is 1. The monoisotopic (exact) mass is 250 g/mol. The Hall–Kier alpha value is -1.69. The lowest BCUT2D eigenvalue weighted by atomic mass is 10.2. The quantitative estimate of drug-likeness (QED) is 0.825. The van der Waals surface area contributed by atoms with Gasteiger partial charge in [-0.1, -0.05) is 6.07 Å². The molecule has 2 aromatic rings. The lowest BCUT2D eigenvalue weighted by Gasteiger charge is -2.07. The minimum Gasteiger partial charge on any atom is -0.398 e. The molecule has 0 aliphatic heterocycles. The molecule has 0 amide bonds. The first-order chi connectivity index (χ1) is 8.09. The van der Waals surface area contributed by atoms with Crippen LogP contribution in [-0.2, 0) is 23.6 Å². The van der Waals surface area contributed by atoms with Gasteiger partial charge in [0.15, 0.2) is 0 Å². The number of aromatic nitrogens is 3. The van der Waals surface area contributed by atoms with E-state index in [1.165, 1.54) is 6.33 Å². The van der Waals surface area contributed by atoms with Crippen molar-refractivity contribution >= 4 is 16.5 Å². The van der Waals surface area contributed by atoms with Crippen molar-refractivity contribution in [1.82, 2.24) is 14.8 Å². The molecule has 2 rings (SSSR count). The number of hydrogen-bond donors (Lipinski definition) is 1. The standard InChI is InChI=1S/C11H14N4OS/c1-8-9(12)4-3-5-10(8)17(16)6-11-13-7-14-15(11)2/h3-5,7H,6,12H2,1-2H3. The second-order valence-electron chi connectivity index (χ2n) is 3.76. The molecule has 0 radical (unpaired) electrons. The third kappa shape index (κ3) is 2.36. The fourth-order valence-electron chi connectivity index (χ4n) is 1.52. The highest BCUT2D eigenvalue weighted by molar-refractivity contribution is 7.84. The topological polar surface area (TPSA) is 73.8 Å². The summed E-state index contributed by atoms with van der Waals surface area (Å²) in [7, 11) is 0.635. The Balaban J connectivity index is 2.27. The normalized spacial score (nSPS) is 12.6. The van der Waals surface area contributed by atoms with E-state index in [0.717, 1.165) is 10.5 Å². The first-order valence-electron chi connectivity index (χ1n) is 5.16. The molecule has 90 valence electrons. The van der Waals surface area contributed by atoms with Gasteiger partial charge in [0.25, 0.3) is 0 Å². The SMILES string of the molecule is Cc1c(N)cccc1S(=O)Cc1ncnn1C. The maximum absolute atomic E-state index is 12.2. The number of nitrogens with two attached hydrogens (primary N) is 1. The van der Waals surface area contributed by atoms with E-state index < -0.39 is 10.8 Å². The van der Waals surface area contributed by atoms with Crippen LogP contribution in [0.1, 0.15) is 11.4 Å². The Bertz CT molecular complexity index is 564. The van der Waals surface area contributed by atoms with Crippen LogP contribution in [0.5, 0.6) is 0 Å². The highest BCUT2D eigenvalue weighted by atomic mass is 32.2. The first-order valence-corrected chi connectivity index (χ1v) is 6.48. The van der Waals surface area contributed by atoms with E-state index in [2.05, 4.69) is 10.1 Å². The minimum absolute atomic E-state index is 0.348. The van der Waals surface area contributed by atoms with E-state index in [0.29, 0.717) is 17.3 Å². The summed E-state index contributed by atoms with van der Waals surface area (Å²) in [5.74, 6) is 1.05. The van der Waals surface area contributed by atoms with Crippen LogP contribution >= 0.6 is 0 Å². The van der Waals surface area contributed by atoms with Crippen LogP contribution in [0.4, 0.5) is 5.69 Å². The van der Waals surface area contributed by atoms with Crippen LogP contribution in [0.2, 0.25) is 0 Å². The van der Waals surface area contributed by atoms with Gasteiger partial charge in [-0.05, 0) is 24.6 Å². The molecule has 0 aliphatic rings. The van der Waals surface area contributed by atoms with Crippen molar-refractivity contribution in [1.29, 1.82) is 0 Å². The molecule has 6 heteroatoms. The molecular formula is C11H14N4OS. The molecular weight excluding hydrogens is 236 g/mol. The average Bonchev–Trinajstić information content (AvgIpc) is 2.68. The Labute approximate surface area is 102 Å². The third-order valence-corrected chi connectivity index (χ3v) is 4.09. The fourth-order valence-corrected chi connectivity index (χ4v) is 2.86. The number of nitrogens with zero attached hydrogens (tertiary/aromatic N) is 3. The molecule has 1 heterocycles. The zero-order valence-corrected chi connectivity index (χ0v) is 10.6. The number of benzene rings is 1. The van der Waals surface area contributed by atoms with Crippen molar-refractivity contribution in [3.8, 4) is 0 Å². The van der Waals surface area contributed by atoms with Crippen molar-refractivity contribution < 1.29 is 4.21 Å². The van der Waals surface area contributed by atoms with E-state index in [4.69, 9.17) is 5.73 Å². The van der Waals surface area contributed by atoms with Crippen LogP contribution in [-0.4, -0.2) is 19.0 Å². The summed E-state index contributed by atoms with van der Waals surface area (Å²) in [6, 6.07) is 5.45. The van der Waals surface area contributed by atoms with Gasteiger partial charge in [0.1, 0.15) is 12.2 Å². The van der Waals surface area contributed by atoms with E-state index in [9.17, 15) is 4.21 Å². The first kappa shape index (κ1) is 11.8. The molecule has 0 spiro atoms. The minimum atomic E-state index is -1.15. The molecule has 1 aromatic carbocycles. The summed E-state index contributed by atoms with van der Waals surface area (Å²) in [6.07, 6.45) is 1.46. The predicted molar refractivity (Wildman–Crippen MR) is 66.7 cm³/mol. The van der Waals surface area contributed by atoms with Crippen molar-refractivity contribution in [2.45, 2.75) is 17.6 Å². The maximum Gasteiger partial charge on any atom is 0.139 e. The van der Waals surface area contributed by atoms with Crippen molar-refractivity contribution in [3.05, 3.63) is 35.9 Å². The van der Waals surface area contributed by atoms with Gasteiger partial charge in [0, 0.05) is 17.6 Å². The molecule has 1 unspecified atom stereocenters. The predicted octanol–water partition coefficient (Wildman–Crippen LogP) is 1.01. The molecule has 1 atom stereocenters. The van der Waals surface area contributed by atoms with E-state index in [1.807, 2.05) is 19.1 Å². The number of hydrogen-bond acceptors (Lipinski definition) is 4. The van der Waals surface area contributed by atoms with Crippen molar-refractivity contribution in [3.63, 3.8) is 0 Å². The van der Waals surface area contributed by atoms with Crippen LogP contribution < -0.4 is 5.73 Å². The summed E-state index contributed by atoms with van der Waals surface area (Å²) in [5, 5.41) is 3.95. The summed E-state index contributed by atoms with van der Waals surface area (Å²) >= 11 is 0. The molecule has 0 saturated carbocycles. The van der Waals surface area contributed by atoms with Crippen molar-refractivity contribution in [2.24, 2.45) is 7.05 Å². The van der Waals surface area contributed by atoms with Crippen molar-refractivity contribution in [2.75, 3.05) is 5.73 Å². The molecule has 5 nitrogen and oxygen atoms in total. The zero-order valence-electron chi connectivity index (χ0n) is 9.75. The van der Waals surface area contributed by atoms with E-state index in [-0.39, 0.29) is 0 Å². The van der Waals surface area contributed by atoms with Gasteiger partial charge in [-0.2, -0.15) is 5.10 Å². The molecule has 0 bridgehead atoms. The number of aryl methyl sites for hydroxylation is 1. The second kappa shape index (κ2) is 4.67. The molecule has 17 heavy (non-hydrogen) atoms. The maximum atomic E-state index is 12.2. The molecule has 0 aliphatic carbocycles. The van der Waals surface area contributed by atoms with Gasteiger partial charge in [-0.3, -0.25) is 8.89 Å². The third-order valence-electron chi connectivity index (χ3n) is 2.64. The van der Waals surface area contributed by atoms with E-state index >= 15 is 0 Å². The smallest absolute Gasteiger partial charge is 0.139 e. The van der Waals surface area contributed by atoms with Crippen LogP contribution in [0.25, 0.3) is 0 Å². The highest BCUT2D eigenvalue weighted by Gasteiger charge is 2.12. The summed E-state index contributed by atoms with van der Waals surface area (Å²) in [4.78, 5) is 4.82. The van der Waals surface area contributed by atoms with Crippen LogP contribution in [0.3, 0.4) is 0 Å². The summed E-state index contributed by atoms with van der Waals surface area (Å²) in [5.41, 5.74) is 7.32. The molecule has 0 fully saturated rings. The highest BCUT2D eigenvalue weighted by Crippen LogP contribution is 2.20. The molecule has 1 aromatic heterocycles. The Morgan fingerprint density at radius 1 is 1.47 bits per heavy atom. The summed E-state index contributed by atoms with van der Waals surface area (Å²) < 4.78 is 13.8. The fraction of sp³-hybridized carbons (Fsp3) is 0.273. The average molecular weight is 250 g/mol. The molecule has 2 N–H and O–H groups in total.